The first kappa shape index (κ1) is 17.7. The number of amides is 1. The van der Waals surface area contributed by atoms with E-state index in [1.807, 2.05) is 30.3 Å². The quantitative estimate of drug-likeness (QED) is 0.530. The Balaban J connectivity index is 2.27. The molecule has 2 rings (SSSR count). The van der Waals surface area contributed by atoms with Crippen LogP contribution in [0.25, 0.3) is 0 Å². The number of anilines is 1. The molecule has 0 bridgehead atoms. The second-order valence-corrected chi connectivity index (χ2v) is 7.89. The van der Waals surface area contributed by atoms with Gasteiger partial charge in [0.1, 0.15) is 16.1 Å². The molecule has 2 aromatic rings. The standard InChI is InChI=1S/C17H15Br2NO3/c1-11(21)20-13-7-8-14(16(22)17(18)19)15(9-13)23-10-12-5-3-2-4-6-12/h2-9,17H,10H2,1H3,(H,20,21). The molecule has 120 valence electrons. The maximum absolute atomic E-state index is 12.2. The zero-order valence-corrected chi connectivity index (χ0v) is 15.6. The number of halogens is 2. The predicted octanol–water partition coefficient (Wildman–Crippen LogP) is 4.52. The summed E-state index contributed by atoms with van der Waals surface area (Å²) in [5.41, 5.74) is 2.01. The van der Waals surface area contributed by atoms with Crippen molar-refractivity contribution in [1.29, 1.82) is 0 Å². The lowest BCUT2D eigenvalue weighted by atomic mass is 10.1. The molecule has 1 N–H and O–H groups in total. The predicted molar refractivity (Wildman–Crippen MR) is 97.5 cm³/mol. The average Bonchev–Trinajstić information content (AvgIpc) is 2.52. The summed E-state index contributed by atoms with van der Waals surface area (Å²) in [4.78, 5) is 23.4. The molecule has 0 aliphatic carbocycles. The van der Waals surface area contributed by atoms with E-state index in [2.05, 4.69) is 37.2 Å². The van der Waals surface area contributed by atoms with Gasteiger partial charge >= 0.3 is 0 Å². The fourth-order valence-corrected chi connectivity index (χ4v) is 2.47. The maximum Gasteiger partial charge on any atom is 0.221 e. The van der Waals surface area contributed by atoms with E-state index in [-0.39, 0.29) is 11.7 Å². The van der Waals surface area contributed by atoms with Crippen LogP contribution in [0, 0.1) is 0 Å². The number of carbonyl (C=O) groups excluding carboxylic acids is 2. The number of Topliss-reactive ketones (excluding diaryl/α,β-unsaturated/α-hetero) is 1. The van der Waals surface area contributed by atoms with E-state index in [1.165, 1.54) is 6.92 Å². The number of alkyl halides is 2. The zero-order valence-electron chi connectivity index (χ0n) is 12.4. The van der Waals surface area contributed by atoms with E-state index < -0.39 is 3.74 Å². The normalized spacial score (nSPS) is 10.4. The van der Waals surface area contributed by atoms with Crippen LogP contribution in [0.15, 0.2) is 48.5 Å². The minimum atomic E-state index is -0.499. The highest BCUT2D eigenvalue weighted by Crippen LogP contribution is 2.28. The fraction of sp³-hybridized carbons (Fsp3) is 0.176. The Morgan fingerprint density at radius 3 is 2.43 bits per heavy atom. The van der Waals surface area contributed by atoms with E-state index in [0.717, 1.165) is 5.56 Å². The van der Waals surface area contributed by atoms with E-state index in [0.29, 0.717) is 23.6 Å². The number of ether oxygens (including phenoxy) is 1. The van der Waals surface area contributed by atoms with Gasteiger partial charge in [-0.3, -0.25) is 9.59 Å². The largest absolute Gasteiger partial charge is 0.488 e. The first-order valence-corrected chi connectivity index (χ1v) is 8.71. The van der Waals surface area contributed by atoms with Gasteiger partial charge in [0.25, 0.3) is 0 Å². The van der Waals surface area contributed by atoms with Crippen LogP contribution in [0.5, 0.6) is 5.75 Å². The van der Waals surface area contributed by atoms with Crippen LogP contribution in [0.1, 0.15) is 22.8 Å². The van der Waals surface area contributed by atoms with Crippen LogP contribution >= 0.6 is 31.9 Å². The van der Waals surface area contributed by atoms with Crippen molar-refractivity contribution in [2.45, 2.75) is 17.3 Å². The van der Waals surface area contributed by atoms with Crippen molar-refractivity contribution in [3.63, 3.8) is 0 Å². The Morgan fingerprint density at radius 2 is 1.83 bits per heavy atom. The lowest BCUT2D eigenvalue weighted by Crippen LogP contribution is -2.11. The summed E-state index contributed by atoms with van der Waals surface area (Å²) >= 11 is 6.41. The second kappa shape index (κ2) is 8.26. The SMILES string of the molecule is CC(=O)Nc1ccc(C(=O)C(Br)Br)c(OCc2ccccc2)c1. The van der Waals surface area contributed by atoms with Crippen molar-refractivity contribution in [3.8, 4) is 5.75 Å². The summed E-state index contributed by atoms with van der Waals surface area (Å²) < 4.78 is 5.30. The van der Waals surface area contributed by atoms with Crippen molar-refractivity contribution < 1.29 is 14.3 Å². The molecule has 2 aromatic carbocycles. The number of benzene rings is 2. The molecule has 0 saturated carbocycles. The van der Waals surface area contributed by atoms with Crippen LogP contribution < -0.4 is 10.1 Å². The fourth-order valence-electron chi connectivity index (χ4n) is 1.98. The summed E-state index contributed by atoms with van der Waals surface area (Å²) in [6, 6.07) is 14.6. The molecular weight excluding hydrogens is 426 g/mol. The first-order valence-electron chi connectivity index (χ1n) is 6.88. The molecule has 0 fully saturated rings. The number of nitrogens with one attached hydrogen (secondary N) is 1. The van der Waals surface area contributed by atoms with E-state index in [1.54, 1.807) is 18.2 Å². The van der Waals surface area contributed by atoms with Crippen molar-refractivity contribution in [3.05, 3.63) is 59.7 Å². The van der Waals surface area contributed by atoms with Crippen molar-refractivity contribution in [1.82, 2.24) is 0 Å². The number of ketones is 1. The Labute approximate surface area is 151 Å². The van der Waals surface area contributed by atoms with Gasteiger partial charge in [0.2, 0.25) is 5.91 Å². The van der Waals surface area contributed by atoms with Gasteiger partial charge < -0.3 is 10.1 Å². The van der Waals surface area contributed by atoms with E-state index in [9.17, 15) is 9.59 Å². The van der Waals surface area contributed by atoms with Gasteiger partial charge in [0, 0.05) is 18.7 Å². The van der Waals surface area contributed by atoms with E-state index in [4.69, 9.17) is 4.74 Å². The third-order valence-electron chi connectivity index (χ3n) is 3.00. The molecular formula is C17H15Br2NO3. The van der Waals surface area contributed by atoms with Crippen molar-refractivity contribution >= 4 is 49.2 Å². The van der Waals surface area contributed by atoms with Crippen LogP contribution in [0.4, 0.5) is 5.69 Å². The maximum atomic E-state index is 12.2. The number of carbonyl (C=O) groups is 2. The van der Waals surface area contributed by atoms with Crippen molar-refractivity contribution in [2.75, 3.05) is 5.32 Å². The van der Waals surface area contributed by atoms with Crippen LogP contribution in [0.2, 0.25) is 0 Å². The molecule has 0 aliphatic rings. The van der Waals surface area contributed by atoms with E-state index >= 15 is 0 Å². The molecule has 23 heavy (non-hydrogen) atoms. The minimum Gasteiger partial charge on any atom is -0.488 e. The van der Waals surface area contributed by atoms with Crippen LogP contribution in [-0.2, 0) is 11.4 Å². The lowest BCUT2D eigenvalue weighted by molar-refractivity contribution is -0.114. The highest BCUT2D eigenvalue weighted by Gasteiger charge is 2.19. The number of hydrogen-bond donors (Lipinski definition) is 1. The molecule has 0 aliphatic heterocycles. The molecule has 0 unspecified atom stereocenters. The molecule has 4 nitrogen and oxygen atoms in total. The Hall–Kier alpha value is -1.66. The Bertz CT molecular complexity index is 702. The van der Waals surface area contributed by atoms with Gasteiger partial charge in [-0.15, -0.1) is 0 Å². The second-order valence-electron chi connectivity index (χ2n) is 4.83. The topological polar surface area (TPSA) is 55.4 Å². The lowest BCUT2D eigenvalue weighted by Gasteiger charge is -2.13. The summed E-state index contributed by atoms with van der Waals surface area (Å²) in [6.45, 7) is 1.76. The molecule has 0 spiro atoms. The van der Waals surface area contributed by atoms with Gasteiger partial charge in [0.05, 0.1) is 5.56 Å². The van der Waals surface area contributed by atoms with Crippen LogP contribution in [0.3, 0.4) is 0 Å². The summed E-state index contributed by atoms with van der Waals surface area (Å²) in [6.07, 6.45) is 0. The van der Waals surface area contributed by atoms with Gasteiger partial charge in [-0.2, -0.15) is 0 Å². The highest BCUT2D eigenvalue weighted by atomic mass is 79.9. The Morgan fingerprint density at radius 1 is 1.13 bits per heavy atom. The molecule has 0 saturated heterocycles. The summed E-state index contributed by atoms with van der Waals surface area (Å²) in [5.74, 6) is 0.0911. The average molecular weight is 441 g/mol. The monoisotopic (exact) mass is 439 g/mol. The third-order valence-corrected chi connectivity index (χ3v) is 3.83. The molecule has 0 atom stereocenters. The van der Waals surface area contributed by atoms with Crippen molar-refractivity contribution in [2.24, 2.45) is 0 Å². The molecule has 0 heterocycles. The summed E-state index contributed by atoms with van der Waals surface area (Å²) in [7, 11) is 0. The number of rotatable bonds is 6. The van der Waals surface area contributed by atoms with Crippen LogP contribution in [-0.4, -0.2) is 15.4 Å². The first-order chi connectivity index (χ1) is 11.0. The smallest absolute Gasteiger partial charge is 0.221 e. The highest BCUT2D eigenvalue weighted by molar-refractivity contribution is 9.25. The molecule has 1 amide bonds. The third kappa shape index (κ3) is 5.18. The minimum absolute atomic E-state index is 0.151. The Kier molecular flexibility index (Phi) is 6.36. The van der Waals surface area contributed by atoms with Gasteiger partial charge in [0.15, 0.2) is 5.78 Å². The van der Waals surface area contributed by atoms with Gasteiger partial charge in [-0.05, 0) is 17.7 Å². The molecule has 0 radical (unpaired) electrons. The zero-order chi connectivity index (χ0) is 16.8. The molecule has 6 heteroatoms. The number of hydrogen-bond acceptors (Lipinski definition) is 3. The molecule has 0 aromatic heterocycles. The van der Waals surface area contributed by atoms with Gasteiger partial charge in [-0.1, -0.05) is 62.2 Å². The summed E-state index contributed by atoms with van der Waals surface area (Å²) in [5, 5.41) is 2.69. The van der Waals surface area contributed by atoms with Gasteiger partial charge in [-0.25, -0.2) is 0 Å².